The first-order chi connectivity index (χ1) is 13.1. The molecular formula is C22H27F3O3. The second kappa shape index (κ2) is 9.32. The predicted molar refractivity (Wildman–Crippen MR) is 103 cm³/mol. The van der Waals surface area contributed by atoms with Crippen molar-refractivity contribution >= 4 is 0 Å². The van der Waals surface area contributed by atoms with Gasteiger partial charge in [-0.1, -0.05) is 45.0 Å². The second-order valence-electron chi connectivity index (χ2n) is 7.26. The lowest BCUT2D eigenvalue weighted by Crippen LogP contribution is -2.19. The molecule has 0 saturated carbocycles. The first kappa shape index (κ1) is 22.1. The summed E-state index contributed by atoms with van der Waals surface area (Å²) in [5, 5.41) is 9.58. The van der Waals surface area contributed by atoms with Crippen LogP contribution in [0.25, 0.3) is 0 Å². The van der Waals surface area contributed by atoms with Gasteiger partial charge in [-0.3, -0.25) is 0 Å². The van der Waals surface area contributed by atoms with E-state index in [2.05, 4.69) is 13.8 Å². The zero-order valence-electron chi connectivity index (χ0n) is 16.4. The number of aliphatic hydroxyl groups is 1. The summed E-state index contributed by atoms with van der Waals surface area (Å²) in [5.74, 6) is 1.11. The molecule has 0 amide bonds. The Hall–Kier alpha value is -2.21. The largest absolute Gasteiger partial charge is 0.493 e. The molecule has 0 spiro atoms. The molecule has 2 rings (SSSR count). The molecule has 0 aliphatic carbocycles. The Balaban J connectivity index is 2.01. The highest BCUT2D eigenvalue weighted by molar-refractivity contribution is 5.41. The monoisotopic (exact) mass is 396 g/mol. The van der Waals surface area contributed by atoms with E-state index in [1.807, 2.05) is 43.3 Å². The SMILES string of the molecule is CCC(O)COc1ccc(C(C)(C)c2ccc(OCCC(F)(F)F)cc2)cc1. The number of rotatable bonds is 9. The van der Waals surface area contributed by atoms with E-state index in [9.17, 15) is 18.3 Å². The molecule has 28 heavy (non-hydrogen) atoms. The van der Waals surface area contributed by atoms with Crippen LogP contribution in [0, 0.1) is 0 Å². The zero-order chi connectivity index (χ0) is 20.8. The number of hydrogen-bond donors (Lipinski definition) is 1. The van der Waals surface area contributed by atoms with E-state index in [0.29, 0.717) is 17.9 Å². The Bertz CT molecular complexity index is 722. The van der Waals surface area contributed by atoms with E-state index in [1.165, 1.54) is 0 Å². The summed E-state index contributed by atoms with van der Waals surface area (Å²) in [6.45, 7) is 5.91. The summed E-state index contributed by atoms with van der Waals surface area (Å²) in [7, 11) is 0. The van der Waals surface area contributed by atoms with Gasteiger partial charge in [-0.15, -0.1) is 0 Å². The van der Waals surface area contributed by atoms with Gasteiger partial charge in [0, 0.05) is 5.41 Å². The van der Waals surface area contributed by atoms with Gasteiger partial charge in [0.2, 0.25) is 0 Å². The molecule has 0 aliphatic rings. The third-order valence-corrected chi connectivity index (χ3v) is 4.72. The quantitative estimate of drug-likeness (QED) is 0.609. The fraction of sp³-hybridized carbons (Fsp3) is 0.455. The highest BCUT2D eigenvalue weighted by Crippen LogP contribution is 2.33. The van der Waals surface area contributed by atoms with Crippen LogP contribution in [0.1, 0.15) is 44.7 Å². The number of alkyl halides is 3. The lowest BCUT2D eigenvalue weighted by molar-refractivity contribution is -0.139. The molecule has 1 atom stereocenters. The molecule has 154 valence electrons. The van der Waals surface area contributed by atoms with E-state index in [4.69, 9.17) is 9.47 Å². The third-order valence-electron chi connectivity index (χ3n) is 4.72. The number of ether oxygens (including phenoxy) is 2. The number of aliphatic hydroxyl groups excluding tert-OH is 1. The second-order valence-corrected chi connectivity index (χ2v) is 7.26. The van der Waals surface area contributed by atoms with Crippen molar-refractivity contribution in [3.05, 3.63) is 59.7 Å². The lowest BCUT2D eigenvalue weighted by Gasteiger charge is -2.26. The molecular weight excluding hydrogens is 369 g/mol. The Labute approximate surface area is 164 Å². The van der Waals surface area contributed by atoms with Gasteiger partial charge in [-0.25, -0.2) is 0 Å². The summed E-state index contributed by atoms with van der Waals surface area (Å²) < 4.78 is 47.3. The van der Waals surface area contributed by atoms with E-state index in [0.717, 1.165) is 11.1 Å². The highest BCUT2D eigenvalue weighted by atomic mass is 19.4. The summed E-state index contributed by atoms with van der Waals surface area (Å²) >= 11 is 0. The summed E-state index contributed by atoms with van der Waals surface area (Å²) in [6, 6.07) is 14.8. The Kier molecular flexibility index (Phi) is 7.35. The lowest BCUT2D eigenvalue weighted by atomic mass is 9.78. The maximum Gasteiger partial charge on any atom is 0.392 e. The van der Waals surface area contributed by atoms with Gasteiger partial charge in [0.1, 0.15) is 18.1 Å². The van der Waals surface area contributed by atoms with Crippen LogP contribution in [-0.2, 0) is 5.41 Å². The van der Waals surface area contributed by atoms with E-state index in [1.54, 1.807) is 12.1 Å². The van der Waals surface area contributed by atoms with Crippen molar-refractivity contribution in [2.24, 2.45) is 0 Å². The van der Waals surface area contributed by atoms with E-state index >= 15 is 0 Å². The molecule has 2 aromatic carbocycles. The van der Waals surface area contributed by atoms with Gasteiger partial charge in [0.05, 0.1) is 19.1 Å². The minimum atomic E-state index is -4.22. The molecule has 3 nitrogen and oxygen atoms in total. The van der Waals surface area contributed by atoms with Crippen molar-refractivity contribution in [2.45, 2.75) is 51.3 Å². The van der Waals surface area contributed by atoms with Crippen LogP contribution in [0.4, 0.5) is 13.2 Å². The molecule has 2 aromatic rings. The molecule has 1 unspecified atom stereocenters. The molecule has 0 aliphatic heterocycles. The molecule has 0 fully saturated rings. The average molecular weight is 396 g/mol. The van der Waals surface area contributed by atoms with Crippen LogP contribution < -0.4 is 9.47 Å². The number of halogens is 3. The van der Waals surface area contributed by atoms with Crippen molar-refractivity contribution in [1.29, 1.82) is 0 Å². The van der Waals surface area contributed by atoms with Gasteiger partial charge in [0.25, 0.3) is 0 Å². The standard InChI is InChI=1S/C22H27F3O3/c1-4-18(26)15-28-20-11-7-17(8-12-20)21(2,3)16-5-9-19(10-6-16)27-14-13-22(23,24)25/h5-12,18,26H,4,13-15H2,1-3H3. The molecule has 0 bridgehead atoms. The minimum absolute atomic E-state index is 0.259. The van der Waals surface area contributed by atoms with Crippen LogP contribution in [-0.4, -0.2) is 30.6 Å². The maximum atomic E-state index is 12.2. The normalized spacial score (nSPS) is 13.2. The van der Waals surface area contributed by atoms with E-state index in [-0.39, 0.29) is 18.6 Å². The molecule has 0 radical (unpaired) electrons. The molecule has 1 N–H and O–H groups in total. The molecule has 0 saturated heterocycles. The smallest absolute Gasteiger partial charge is 0.392 e. The summed E-state index contributed by atoms with van der Waals surface area (Å²) in [6.07, 6.45) is -5.02. The zero-order valence-corrected chi connectivity index (χ0v) is 16.4. The third kappa shape index (κ3) is 6.44. The van der Waals surface area contributed by atoms with Gasteiger partial charge >= 0.3 is 6.18 Å². The fourth-order valence-electron chi connectivity index (χ4n) is 2.70. The Morgan fingerprint density at radius 2 is 1.32 bits per heavy atom. The minimum Gasteiger partial charge on any atom is -0.493 e. The first-order valence-corrected chi connectivity index (χ1v) is 9.33. The van der Waals surface area contributed by atoms with Crippen molar-refractivity contribution in [1.82, 2.24) is 0 Å². The van der Waals surface area contributed by atoms with Gasteiger partial charge in [-0.05, 0) is 41.8 Å². The predicted octanol–water partition coefficient (Wildman–Crippen LogP) is 5.49. The van der Waals surface area contributed by atoms with Crippen molar-refractivity contribution in [3.8, 4) is 11.5 Å². The van der Waals surface area contributed by atoms with Gasteiger partial charge < -0.3 is 14.6 Å². The first-order valence-electron chi connectivity index (χ1n) is 9.33. The summed E-state index contributed by atoms with van der Waals surface area (Å²) in [5.41, 5.74) is 1.79. The van der Waals surface area contributed by atoms with Crippen LogP contribution in [0.2, 0.25) is 0 Å². The Morgan fingerprint density at radius 3 is 1.75 bits per heavy atom. The maximum absolute atomic E-state index is 12.2. The van der Waals surface area contributed by atoms with E-state index < -0.39 is 18.7 Å². The Morgan fingerprint density at radius 1 is 0.857 bits per heavy atom. The van der Waals surface area contributed by atoms with Crippen molar-refractivity contribution in [3.63, 3.8) is 0 Å². The fourth-order valence-corrected chi connectivity index (χ4v) is 2.70. The van der Waals surface area contributed by atoms with Crippen LogP contribution in [0.3, 0.4) is 0 Å². The van der Waals surface area contributed by atoms with Crippen LogP contribution in [0.15, 0.2) is 48.5 Å². The van der Waals surface area contributed by atoms with Crippen molar-refractivity contribution < 1.29 is 27.8 Å². The number of benzene rings is 2. The summed E-state index contributed by atoms with van der Waals surface area (Å²) in [4.78, 5) is 0. The van der Waals surface area contributed by atoms with Crippen LogP contribution >= 0.6 is 0 Å². The molecule has 0 heterocycles. The molecule has 0 aromatic heterocycles. The van der Waals surface area contributed by atoms with Crippen LogP contribution in [0.5, 0.6) is 11.5 Å². The number of hydrogen-bond acceptors (Lipinski definition) is 3. The topological polar surface area (TPSA) is 38.7 Å². The highest BCUT2D eigenvalue weighted by Gasteiger charge is 2.27. The van der Waals surface area contributed by atoms with Gasteiger partial charge in [-0.2, -0.15) is 13.2 Å². The average Bonchev–Trinajstić information content (AvgIpc) is 2.66. The van der Waals surface area contributed by atoms with Crippen molar-refractivity contribution in [2.75, 3.05) is 13.2 Å². The van der Waals surface area contributed by atoms with Gasteiger partial charge in [0.15, 0.2) is 0 Å². The molecule has 6 heteroatoms.